The smallest absolute Gasteiger partial charge is 0.0510 e. The molecule has 0 saturated heterocycles. The zero-order valence-corrected chi connectivity index (χ0v) is 63.0. The minimum Gasteiger partial charge on any atom is -0.311 e. The maximum absolute atomic E-state index is 8.70. The van der Waals surface area contributed by atoms with Crippen molar-refractivity contribution in [1.82, 2.24) is 0 Å². The van der Waals surface area contributed by atoms with Crippen LogP contribution in [0.4, 0.5) is 51.2 Å². The van der Waals surface area contributed by atoms with E-state index in [4.69, 9.17) is 11.1 Å². The van der Waals surface area contributed by atoms with Crippen LogP contribution in [0.15, 0.2) is 362 Å². The predicted molar refractivity (Wildman–Crippen MR) is 461 cm³/mol. The summed E-state index contributed by atoms with van der Waals surface area (Å²) in [5.74, 6) is 0. The number of rotatable bonds is 16. The second-order valence-electron chi connectivity index (χ2n) is 30.1. The molecule has 0 spiro atoms. The summed E-state index contributed by atoms with van der Waals surface area (Å²) >= 11 is 0. The summed E-state index contributed by atoms with van der Waals surface area (Å²) < 4.78 is 0. The predicted octanol–water partition coefficient (Wildman–Crippen LogP) is 28.7. The van der Waals surface area contributed by atoms with Gasteiger partial charge in [-0.2, -0.15) is 0 Å². The molecule has 0 unspecified atom stereocenters. The molecule has 0 heterocycles. The van der Waals surface area contributed by atoms with E-state index in [-0.39, 0.29) is 10.8 Å². The number of azide groups is 2. The van der Waals surface area contributed by atoms with Crippen LogP contribution in [0.2, 0.25) is 0 Å². The number of aryl methyl sites for hydroxylation is 1. The quantitative estimate of drug-likeness (QED) is 0.0546. The highest BCUT2D eigenvalue weighted by atomic mass is 15.2. The van der Waals surface area contributed by atoms with Gasteiger partial charge in [-0.25, -0.2) is 0 Å². The Morgan fingerprint density at radius 1 is 0.261 bits per heavy atom. The van der Waals surface area contributed by atoms with E-state index in [2.05, 4.69) is 385 Å². The number of benzene rings is 15. The lowest BCUT2D eigenvalue weighted by molar-refractivity contribution is 0.660. The van der Waals surface area contributed by atoms with Gasteiger partial charge in [0, 0.05) is 71.8 Å². The van der Waals surface area contributed by atoms with E-state index in [1.807, 2.05) is 36.4 Å². The lowest BCUT2D eigenvalue weighted by Gasteiger charge is -2.30. The molecule has 0 aromatic heterocycles. The zero-order chi connectivity index (χ0) is 75.6. The van der Waals surface area contributed by atoms with Crippen LogP contribution < -0.4 is 14.7 Å². The van der Waals surface area contributed by atoms with Crippen LogP contribution in [0.5, 0.6) is 0 Å². The van der Waals surface area contributed by atoms with Gasteiger partial charge in [0.05, 0.1) is 13.1 Å². The van der Waals surface area contributed by atoms with Gasteiger partial charge in [0.25, 0.3) is 0 Å². The standard InChI is InChI=1S/C38H35N.C33H24N4.C31H24N4/c1-6-25-15-17-26(18-16-25)39(27-19-21-31-29-11-7-9-13-33(29)37(2,3)35(31)23-27)28-20-22-32-30-12-8-10-14-34(30)38(4,5)36(32)24-28;34-36-35-21-22-9-11-27(12-10-22)37(28-13-15-32-25(19-28)17-23-5-1-3-7-30(23)32)29-14-16-33-26(20-29)18-24-6-2-4-8-31(24)33;32-34-33-23-24-11-17-29(18-12-24)35(30-19-13-27(14-20-30)25-7-3-1-4-8-25)31-21-15-28(16-22-31)26-9-5-2-6-10-26/h7-24H,6H2,1-5H3;1-16,19-20H,17-18,21H2;1-22H,23H2. The first kappa shape index (κ1) is 70.3. The van der Waals surface area contributed by atoms with Gasteiger partial charge < -0.3 is 14.7 Å². The van der Waals surface area contributed by atoms with Crippen LogP contribution in [0.1, 0.15) is 95.8 Å². The van der Waals surface area contributed by atoms with E-state index in [0.717, 1.165) is 64.5 Å². The zero-order valence-electron chi connectivity index (χ0n) is 63.0. The topological polar surface area (TPSA) is 107 Å². The van der Waals surface area contributed by atoms with Gasteiger partial charge in [-0.05, 0) is 267 Å². The van der Waals surface area contributed by atoms with Gasteiger partial charge in [-0.1, -0.05) is 288 Å². The first-order chi connectivity index (χ1) is 54.4. The maximum Gasteiger partial charge on any atom is 0.0510 e. The Hall–Kier alpha value is -13.7. The highest BCUT2D eigenvalue weighted by molar-refractivity contribution is 5.90. The van der Waals surface area contributed by atoms with E-state index in [9.17, 15) is 0 Å². The number of hydrogen-bond acceptors (Lipinski definition) is 5. The number of hydrogen-bond donors (Lipinski definition) is 0. The molecule has 0 saturated carbocycles. The van der Waals surface area contributed by atoms with Crippen LogP contribution in [0, 0.1) is 0 Å². The molecule has 536 valence electrons. The molecule has 0 aliphatic heterocycles. The van der Waals surface area contributed by atoms with Crippen molar-refractivity contribution in [2.45, 2.75) is 77.8 Å². The molecule has 15 aromatic carbocycles. The molecular weight excluding hydrogens is 1350 g/mol. The summed E-state index contributed by atoms with van der Waals surface area (Å²) in [4.78, 5) is 12.8. The van der Waals surface area contributed by atoms with E-state index < -0.39 is 0 Å². The summed E-state index contributed by atoms with van der Waals surface area (Å²) in [5.41, 5.74) is 57.3. The molecule has 19 rings (SSSR count). The average Bonchev–Trinajstić information content (AvgIpc) is 1.58. The Morgan fingerprint density at radius 3 is 0.901 bits per heavy atom. The van der Waals surface area contributed by atoms with Gasteiger partial charge in [0.2, 0.25) is 0 Å². The van der Waals surface area contributed by atoms with Crippen molar-refractivity contribution in [3.05, 3.63) is 434 Å². The number of anilines is 9. The van der Waals surface area contributed by atoms with Crippen molar-refractivity contribution < 1.29 is 0 Å². The largest absolute Gasteiger partial charge is 0.311 e. The molecule has 0 fully saturated rings. The summed E-state index contributed by atoms with van der Waals surface area (Å²) in [6.45, 7) is 12.3. The van der Waals surface area contributed by atoms with Gasteiger partial charge in [0.1, 0.15) is 0 Å². The van der Waals surface area contributed by atoms with E-state index in [1.54, 1.807) is 0 Å². The van der Waals surface area contributed by atoms with Crippen molar-refractivity contribution >= 4 is 51.2 Å². The minimum absolute atomic E-state index is 0.0404. The molecule has 15 aromatic rings. The minimum atomic E-state index is -0.0404. The molecule has 0 amide bonds. The molecule has 4 aliphatic carbocycles. The van der Waals surface area contributed by atoms with Crippen LogP contribution in [0.3, 0.4) is 0 Å². The summed E-state index contributed by atoms with van der Waals surface area (Å²) in [6.07, 6.45) is 2.95. The lowest BCUT2D eigenvalue weighted by atomic mass is 9.82. The number of fused-ring (bicyclic) bond motifs is 12. The first-order valence-corrected chi connectivity index (χ1v) is 38.3. The van der Waals surface area contributed by atoms with Crippen molar-refractivity contribution in [2.75, 3.05) is 14.7 Å². The van der Waals surface area contributed by atoms with Gasteiger partial charge >= 0.3 is 0 Å². The normalized spacial score (nSPS) is 12.7. The lowest BCUT2D eigenvalue weighted by Crippen LogP contribution is -2.18. The third kappa shape index (κ3) is 13.7. The second kappa shape index (κ2) is 30.2. The van der Waals surface area contributed by atoms with Gasteiger partial charge in [-0.15, -0.1) is 0 Å². The summed E-state index contributed by atoms with van der Waals surface area (Å²) in [6, 6.07) is 127. The Bertz CT molecular complexity index is 5770. The van der Waals surface area contributed by atoms with Crippen LogP contribution >= 0.6 is 0 Å². The van der Waals surface area contributed by atoms with Crippen molar-refractivity contribution in [1.29, 1.82) is 0 Å². The molecule has 9 nitrogen and oxygen atoms in total. The van der Waals surface area contributed by atoms with Gasteiger partial charge in [0.15, 0.2) is 0 Å². The molecule has 111 heavy (non-hydrogen) atoms. The Kier molecular flexibility index (Phi) is 19.1. The maximum atomic E-state index is 8.70. The van der Waals surface area contributed by atoms with Crippen LogP contribution in [-0.2, 0) is 43.2 Å². The van der Waals surface area contributed by atoms with Crippen molar-refractivity contribution in [2.24, 2.45) is 10.2 Å². The van der Waals surface area contributed by atoms with E-state index in [1.165, 1.54) is 134 Å². The Morgan fingerprint density at radius 2 is 0.532 bits per heavy atom. The fourth-order valence-corrected chi connectivity index (χ4v) is 17.0. The van der Waals surface area contributed by atoms with Crippen LogP contribution in [-0.4, -0.2) is 0 Å². The molecular formula is C102H83N9. The highest BCUT2D eigenvalue weighted by Gasteiger charge is 2.38. The summed E-state index contributed by atoms with van der Waals surface area (Å²) in [5, 5.41) is 7.39. The fraction of sp³-hybridized carbons (Fsp3) is 0.118. The number of nitrogens with zero attached hydrogens (tertiary/aromatic N) is 9. The monoisotopic (exact) mass is 1430 g/mol. The Labute approximate surface area is 650 Å². The Balaban J connectivity index is 0.000000121. The fourth-order valence-electron chi connectivity index (χ4n) is 17.0. The molecule has 0 N–H and O–H groups in total. The molecule has 0 radical (unpaired) electrons. The van der Waals surface area contributed by atoms with Crippen molar-refractivity contribution in [3.63, 3.8) is 0 Å². The van der Waals surface area contributed by atoms with E-state index in [0.29, 0.717) is 13.1 Å². The third-order valence-corrected chi connectivity index (χ3v) is 22.8. The van der Waals surface area contributed by atoms with Gasteiger partial charge in [-0.3, -0.25) is 0 Å². The summed E-state index contributed by atoms with van der Waals surface area (Å²) in [7, 11) is 0. The average molecular weight is 1430 g/mol. The van der Waals surface area contributed by atoms with Crippen molar-refractivity contribution in [3.8, 4) is 66.8 Å². The molecule has 9 heteroatoms. The molecule has 0 bridgehead atoms. The molecule has 0 atom stereocenters. The third-order valence-electron chi connectivity index (χ3n) is 22.8. The highest BCUT2D eigenvalue weighted by Crippen LogP contribution is 2.54. The molecule has 4 aliphatic rings. The van der Waals surface area contributed by atoms with Crippen LogP contribution in [0.25, 0.3) is 87.6 Å². The van der Waals surface area contributed by atoms with E-state index >= 15 is 0 Å². The second-order valence-corrected chi connectivity index (χ2v) is 30.1. The SMILES string of the molecule is CCc1ccc(N(c2ccc3c(c2)C(C)(C)c2ccccc2-3)c2ccc3c(c2)C(C)(C)c2ccccc2-3)cc1.[N-]=[N+]=NCc1ccc(N(c2ccc(-c3ccccc3)cc2)c2ccc(-c3ccccc3)cc2)cc1.[N-]=[N+]=NCc1ccc(N(c2ccc3c(c2)Cc2ccccc2-3)c2ccc3c(c2)Cc2ccccc2-3)cc1. The first-order valence-electron chi connectivity index (χ1n) is 38.3.